The van der Waals surface area contributed by atoms with Crippen molar-refractivity contribution >= 4 is 11.9 Å². The minimum Gasteiger partial charge on any atom is -0.626 e. The summed E-state index contributed by atoms with van der Waals surface area (Å²) in [5.74, 6) is -1.76. The molecule has 50 valence electrons. The summed E-state index contributed by atoms with van der Waals surface area (Å²) < 4.78 is 0. The molecule has 0 aromatic heterocycles. The lowest BCUT2D eigenvalue weighted by molar-refractivity contribution is -0.816. The van der Waals surface area contributed by atoms with Crippen LogP contribution in [0.1, 0.15) is 6.42 Å². The zero-order chi connectivity index (χ0) is 7.02. The number of rotatable bonds is 1. The Morgan fingerprint density at radius 3 is 2.56 bits per heavy atom. The van der Waals surface area contributed by atoms with E-state index in [1.54, 1.807) is 0 Å². The highest BCUT2D eigenvalue weighted by Gasteiger charge is 2.42. The first-order valence-electron chi connectivity index (χ1n) is 2.43. The lowest BCUT2D eigenvalue weighted by atomic mass is 10.1. The molecular formula is C4H5NO4. The highest BCUT2D eigenvalue weighted by Crippen LogP contribution is 1.95. The number of β-lactam (4-membered cyclic amide) rings is 1. The van der Waals surface area contributed by atoms with Crippen LogP contribution >= 0.6 is 0 Å². The molecule has 1 fully saturated rings. The first-order chi connectivity index (χ1) is 4.13. The van der Waals surface area contributed by atoms with E-state index < -0.39 is 23.0 Å². The van der Waals surface area contributed by atoms with Crippen LogP contribution in [-0.4, -0.2) is 23.0 Å². The number of hydrogen-bond donors (Lipinski definition) is 2. The van der Waals surface area contributed by atoms with Gasteiger partial charge in [-0.05, 0) is 0 Å². The van der Waals surface area contributed by atoms with E-state index in [0.717, 1.165) is 0 Å². The number of hydroxylamine groups is 2. The van der Waals surface area contributed by atoms with Gasteiger partial charge in [0.05, 0.1) is 0 Å². The van der Waals surface area contributed by atoms with Gasteiger partial charge in [0.25, 0.3) is 0 Å². The molecule has 1 saturated heterocycles. The Bertz CT molecular complexity index is 166. The Hall–Kier alpha value is -0.940. The largest absolute Gasteiger partial charge is 0.626 e. The second-order valence-electron chi connectivity index (χ2n) is 1.88. The minimum absolute atomic E-state index is 0.117. The molecule has 0 bridgehead atoms. The normalized spacial score (nSPS) is 33.7. The monoisotopic (exact) mass is 131 g/mol. The van der Waals surface area contributed by atoms with Gasteiger partial charge in [-0.1, -0.05) is 0 Å². The molecule has 1 heterocycles. The number of nitrogens with one attached hydrogen (secondary N) is 1. The molecule has 0 aromatic rings. The summed E-state index contributed by atoms with van der Waals surface area (Å²) in [6.07, 6.45) is -0.117. The number of carboxylic acids is 1. The molecule has 1 aliphatic rings. The average Bonchev–Trinajstić information content (AvgIpc) is 1.81. The summed E-state index contributed by atoms with van der Waals surface area (Å²) in [6.45, 7) is 0. The van der Waals surface area contributed by atoms with E-state index in [9.17, 15) is 14.8 Å². The predicted molar refractivity (Wildman–Crippen MR) is 25.4 cm³/mol. The summed E-state index contributed by atoms with van der Waals surface area (Å²) >= 11 is 0. The van der Waals surface area contributed by atoms with Gasteiger partial charge in [0.1, 0.15) is 6.42 Å². The van der Waals surface area contributed by atoms with Crippen molar-refractivity contribution in [2.75, 3.05) is 0 Å². The standard InChI is InChI=1S/C4H5NO4/c6-3-1-2(4(7)8)5(3)9/h2,5H,1H2,(H,7,8)/t2-/m1/s1. The maximum Gasteiger partial charge on any atom is 0.364 e. The van der Waals surface area contributed by atoms with Crippen molar-refractivity contribution in [3.63, 3.8) is 0 Å². The van der Waals surface area contributed by atoms with E-state index in [0.29, 0.717) is 0 Å². The van der Waals surface area contributed by atoms with E-state index in [2.05, 4.69) is 0 Å². The molecule has 0 saturated carbocycles. The van der Waals surface area contributed by atoms with Gasteiger partial charge in [0.15, 0.2) is 0 Å². The molecule has 0 aliphatic carbocycles. The molecule has 0 spiro atoms. The Balaban J connectivity index is 2.51. The molecule has 9 heavy (non-hydrogen) atoms. The number of amides is 1. The highest BCUT2D eigenvalue weighted by atomic mass is 16.5. The van der Waals surface area contributed by atoms with E-state index in [1.807, 2.05) is 0 Å². The molecule has 5 heteroatoms. The molecule has 1 unspecified atom stereocenters. The topological polar surface area (TPSA) is 81.9 Å². The molecule has 1 rings (SSSR count). The Kier molecular flexibility index (Phi) is 1.22. The fourth-order valence-corrected chi connectivity index (χ4v) is 0.641. The third-order valence-electron chi connectivity index (χ3n) is 1.28. The van der Waals surface area contributed by atoms with Crippen LogP contribution in [0.15, 0.2) is 0 Å². The van der Waals surface area contributed by atoms with Crippen molar-refractivity contribution in [1.82, 2.24) is 0 Å². The minimum atomic E-state index is -1.19. The fraction of sp³-hybridized carbons (Fsp3) is 0.500. The molecule has 2 N–H and O–H groups in total. The molecule has 1 amide bonds. The summed E-state index contributed by atoms with van der Waals surface area (Å²) in [4.78, 5) is 20.1. The van der Waals surface area contributed by atoms with Gasteiger partial charge in [-0.25, -0.2) is 9.59 Å². The van der Waals surface area contributed by atoms with Gasteiger partial charge < -0.3 is 10.3 Å². The lowest BCUT2D eigenvalue weighted by Crippen LogP contribution is -3.21. The third-order valence-corrected chi connectivity index (χ3v) is 1.28. The SMILES string of the molecule is O=C(O)[C@H]1CC(=O)[NH+]1[O-]. The number of quaternary nitrogens is 1. The third kappa shape index (κ3) is 0.797. The number of carbonyl (C=O) groups excluding carboxylic acids is 1. The number of carboxylic acid groups (broad SMARTS) is 1. The van der Waals surface area contributed by atoms with E-state index in [-0.39, 0.29) is 6.42 Å². The smallest absolute Gasteiger partial charge is 0.364 e. The van der Waals surface area contributed by atoms with Gasteiger partial charge in [0, 0.05) is 0 Å². The molecule has 2 atom stereocenters. The zero-order valence-electron chi connectivity index (χ0n) is 4.46. The lowest BCUT2D eigenvalue weighted by Gasteiger charge is -2.33. The molecule has 0 aromatic carbocycles. The van der Waals surface area contributed by atoms with Crippen LogP contribution in [0.25, 0.3) is 0 Å². The summed E-state index contributed by atoms with van der Waals surface area (Å²) in [7, 11) is 0. The first kappa shape index (κ1) is 6.18. The quantitative estimate of drug-likeness (QED) is 0.311. The van der Waals surface area contributed by atoms with E-state index >= 15 is 0 Å². The van der Waals surface area contributed by atoms with Crippen LogP contribution < -0.4 is 5.06 Å². The van der Waals surface area contributed by atoms with Gasteiger partial charge in [-0.3, -0.25) is 5.06 Å². The Morgan fingerprint density at radius 1 is 1.89 bits per heavy atom. The second kappa shape index (κ2) is 1.78. The Morgan fingerprint density at radius 2 is 2.44 bits per heavy atom. The average molecular weight is 131 g/mol. The zero-order valence-corrected chi connectivity index (χ0v) is 4.46. The molecule has 0 radical (unpaired) electrons. The van der Waals surface area contributed by atoms with E-state index in [4.69, 9.17) is 5.11 Å². The number of carbonyl (C=O) groups is 2. The molecule has 5 nitrogen and oxygen atoms in total. The number of hydrogen-bond acceptors (Lipinski definition) is 3. The van der Waals surface area contributed by atoms with Crippen molar-refractivity contribution in [2.24, 2.45) is 0 Å². The van der Waals surface area contributed by atoms with Crippen LogP contribution in [0.4, 0.5) is 0 Å². The van der Waals surface area contributed by atoms with Crippen LogP contribution in [0.3, 0.4) is 0 Å². The molecule has 1 aliphatic heterocycles. The van der Waals surface area contributed by atoms with Crippen LogP contribution in [0.5, 0.6) is 0 Å². The predicted octanol–water partition coefficient (Wildman–Crippen LogP) is -2.25. The maximum absolute atomic E-state index is 10.3. The molecular weight excluding hydrogens is 126 g/mol. The van der Waals surface area contributed by atoms with Crippen molar-refractivity contribution in [3.8, 4) is 0 Å². The van der Waals surface area contributed by atoms with Crippen molar-refractivity contribution in [3.05, 3.63) is 5.21 Å². The van der Waals surface area contributed by atoms with Gasteiger partial charge in [-0.15, -0.1) is 0 Å². The summed E-state index contributed by atoms with van der Waals surface area (Å²) in [6, 6.07) is -1.04. The van der Waals surface area contributed by atoms with Gasteiger partial charge in [0.2, 0.25) is 6.04 Å². The van der Waals surface area contributed by atoms with E-state index in [1.165, 1.54) is 0 Å². The van der Waals surface area contributed by atoms with Crippen molar-refractivity contribution in [1.29, 1.82) is 0 Å². The van der Waals surface area contributed by atoms with Gasteiger partial charge in [-0.2, -0.15) is 0 Å². The van der Waals surface area contributed by atoms with Crippen LogP contribution in [-0.2, 0) is 9.59 Å². The number of aliphatic carboxylic acids is 1. The summed E-state index contributed by atoms with van der Waals surface area (Å²) in [5.41, 5.74) is 0. The Labute approximate surface area is 50.5 Å². The van der Waals surface area contributed by atoms with Gasteiger partial charge >= 0.3 is 11.9 Å². The summed E-state index contributed by atoms with van der Waals surface area (Å²) in [5, 5.41) is 17.7. The second-order valence-corrected chi connectivity index (χ2v) is 1.88. The first-order valence-corrected chi connectivity index (χ1v) is 2.43. The fourth-order valence-electron chi connectivity index (χ4n) is 0.641. The van der Waals surface area contributed by atoms with Crippen LogP contribution in [0, 0.1) is 5.21 Å². The highest BCUT2D eigenvalue weighted by molar-refractivity contribution is 5.85. The maximum atomic E-state index is 10.3. The van der Waals surface area contributed by atoms with Crippen molar-refractivity contribution in [2.45, 2.75) is 12.5 Å². The van der Waals surface area contributed by atoms with Crippen LogP contribution in [0.2, 0.25) is 0 Å². The van der Waals surface area contributed by atoms with Crippen molar-refractivity contribution < 1.29 is 19.8 Å².